The summed E-state index contributed by atoms with van der Waals surface area (Å²) in [6.45, 7) is 3.00. The maximum Gasteiger partial charge on any atom is 0.422 e. The Morgan fingerprint density at radius 1 is 1.39 bits per heavy atom. The lowest BCUT2D eigenvalue weighted by Gasteiger charge is -2.16. The summed E-state index contributed by atoms with van der Waals surface area (Å²) in [6, 6.07) is 5.64. The highest BCUT2D eigenvalue weighted by Crippen LogP contribution is 2.29. The van der Waals surface area contributed by atoms with Gasteiger partial charge in [0.1, 0.15) is 5.75 Å². The summed E-state index contributed by atoms with van der Waals surface area (Å²) in [4.78, 5) is 4.12. The molecule has 1 fully saturated rings. The predicted octanol–water partition coefficient (Wildman–Crippen LogP) is 3.01. The smallest absolute Gasteiger partial charge is 0.422 e. The quantitative estimate of drug-likeness (QED) is 0.645. The molecule has 0 aromatic heterocycles. The van der Waals surface area contributed by atoms with Gasteiger partial charge in [-0.05, 0) is 30.9 Å². The molecule has 7 heteroatoms. The Labute approximate surface area is 134 Å². The molecule has 0 aliphatic heterocycles. The zero-order valence-corrected chi connectivity index (χ0v) is 13.5. The van der Waals surface area contributed by atoms with E-state index in [9.17, 15) is 13.2 Å². The van der Waals surface area contributed by atoms with E-state index in [1.165, 1.54) is 0 Å². The van der Waals surface area contributed by atoms with Gasteiger partial charge in [0.15, 0.2) is 12.6 Å². The Hall–Kier alpha value is -1.92. The standard InChI is InChI=1S/C16H22F3N3O/c1-10-4-5-12(14(6-10)23-9-16(17,18)19)8-21-15(20-3)22-13-7-11(13)2/h4-6,11,13H,7-9H2,1-3H3,(H2,20,21,22). The van der Waals surface area contributed by atoms with Crippen LogP contribution in [0.1, 0.15) is 24.5 Å². The van der Waals surface area contributed by atoms with Crippen molar-refractivity contribution in [2.45, 2.75) is 39.0 Å². The maximum atomic E-state index is 12.4. The Balaban J connectivity index is 1.97. The van der Waals surface area contributed by atoms with Crippen molar-refractivity contribution >= 4 is 5.96 Å². The van der Waals surface area contributed by atoms with Crippen molar-refractivity contribution in [3.63, 3.8) is 0 Å². The molecule has 1 aliphatic rings. The zero-order chi connectivity index (χ0) is 17.0. The molecule has 2 N–H and O–H groups in total. The van der Waals surface area contributed by atoms with Crippen LogP contribution < -0.4 is 15.4 Å². The van der Waals surface area contributed by atoms with Crippen LogP contribution in [0.2, 0.25) is 0 Å². The largest absolute Gasteiger partial charge is 0.484 e. The second kappa shape index (κ2) is 7.10. The number of nitrogens with zero attached hydrogens (tertiary/aromatic N) is 1. The summed E-state index contributed by atoms with van der Waals surface area (Å²) in [6.07, 6.45) is -3.25. The molecule has 0 radical (unpaired) electrons. The van der Waals surface area contributed by atoms with Crippen LogP contribution in [0, 0.1) is 12.8 Å². The van der Waals surface area contributed by atoms with Gasteiger partial charge in [-0.2, -0.15) is 13.2 Å². The molecule has 0 spiro atoms. The lowest BCUT2D eigenvalue weighted by atomic mass is 10.1. The minimum Gasteiger partial charge on any atom is -0.484 e. The first-order chi connectivity index (χ1) is 10.8. The van der Waals surface area contributed by atoms with Crippen molar-refractivity contribution in [3.8, 4) is 5.75 Å². The van der Waals surface area contributed by atoms with Gasteiger partial charge in [-0.25, -0.2) is 0 Å². The molecular weight excluding hydrogens is 307 g/mol. The minimum absolute atomic E-state index is 0.241. The van der Waals surface area contributed by atoms with E-state index in [0.29, 0.717) is 30.0 Å². The third kappa shape index (κ3) is 5.65. The van der Waals surface area contributed by atoms with Gasteiger partial charge in [0, 0.05) is 25.2 Å². The van der Waals surface area contributed by atoms with Crippen molar-refractivity contribution < 1.29 is 17.9 Å². The minimum atomic E-state index is -4.35. The number of aryl methyl sites for hydroxylation is 1. The Bertz CT molecular complexity index is 572. The van der Waals surface area contributed by atoms with Crippen LogP contribution in [0.3, 0.4) is 0 Å². The molecule has 4 nitrogen and oxygen atoms in total. The van der Waals surface area contributed by atoms with Crippen molar-refractivity contribution in [1.82, 2.24) is 10.6 Å². The molecular formula is C16H22F3N3O. The second-order valence-electron chi connectivity index (χ2n) is 5.90. The van der Waals surface area contributed by atoms with Gasteiger partial charge >= 0.3 is 6.18 Å². The third-order valence-corrected chi connectivity index (χ3v) is 3.72. The monoisotopic (exact) mass is 329 g/mol. The summed E-state index contributed by atoms with van der Waals surface area (Å²) in [7, 11) is 1.67. The van der Waals surface area contributed by atoms with Crippen molar-refractivity contribution in [2.24, 2.45) is 10.9 Å². The van der Waals surface area contributed by atoms with Gasteiger partial charge in [0.2, 0.25) is 0 Å². The fourth-order valence-corrected chi connectivity index (χ4v) is 2.17. The van der Waals surface area contributed by atoms with E-state index in [-0.39, 0.29) is 5.75 Å². The molecule has 1 aromatic rings. The third-order valence-electron chi connectivity index (χ3n) is 3.72. The summed E-state index contributed by atoms with van der Waals surface area (Å²) in [5, 5.41) is 6.38. The lowest BCUT2D eigenvalue weighted by Crippen LogP contribution is -2.38. The molecule has 1 aliphatic carbocycles. The van der Waals surface area contributed by atoms with Crippen LogP contribution in [0.5, 0.6) is 5.75 Å². The van der Waals surface area contributed by atoms with Crippen LogP contribution in [0.25, 0.3) is 0 Å². The molecule has 2 rings (SSSR count). The van der Waals surface area contributed by atoms with E-state index in [4.69, 9.17) is 4.74 Å². The number of guanidine groups is 1. The number of alkyl halides is 3. The van der Waals surface area contributed by atoms with Gasteiger partial charge in [-0.1, -0.05) is 19.1 Å². The van der Waals surface area contributed by atoms with Crippen LogP contribution >= 0.6 is 0 Å². The number of halogens is 3. The summed E-state index contributed by atoms with van der Waals surface area (Å²) < 4.78 is 42.0. The van der Waals surface area contributed by atoms with Crippen LogP contribution in [-0.2, 0) is 6.54 Å². The normalized spacial score (nSPS) is 21.0. The van der Waals surface area contributed by atoms with Crippen LogP contribution in [0.15, 0.2) is 23.2 Å². The Morgan fingerprint density at radius 2 is 2.09 bits per heavy atom. The number of benzene rings is 1. The Morgan fingerprint density at radius 3 is 2.65 bits per heavy atom. The van der Waals surface area contributed by atoms with Crippen LogP contribution in [-0.4, -0.2) is 31.8 Å². The molecule has 0 bridgehead atoms. The van der Waals surface area contributed by atoms with Crippen molar-refractivity contribution in [1.29, 1.82) is 0 Å². The number of hydrogen-bond acceptors (Lipinski definition) is 2. The van der Waals surface area contributed by atoms with Crippen LogP contribution in [0.4, 0.5) is 13.2 Å². The van der Waals surface area contributed by atoms with E-state index < -0.39 is 12.8 Å². The molecule has 128 valence electrons. The van der Waals surface area contributed by atoms with E-state index in [0.717, 1.165) is 12.0 Å². The molecule has 2 unspecified atom stereocenters. The lowest BCUT2D eigenvalue weighted by molar-refractivity contribution is -0.153. The average Bonchev–Trinajstić information content (AvgIpc) is 3.17. The highest BCUT2D eigenvalue weighted by Gasteiger charge is 2.33. The highest BCUT2D eigenvalue weighted by atomic mass is 19.4. The molecule has 0 amide bonds. The summed E-state index contributed by atoms with van der Waals surface area (Å²) in [5.74, 6) is 1.50. The summed E-state index contributed by atoms with van der Waals surface area (Å²) in [5.41, 5.74) is 1.51. The first kappa shape index (κ1) is 17.4. The second-order valence-corrected chi connectivity index (χ2v) is 5.90. The average molecular weight is 329 g/mol. The first-order valence-corrected chi connectivity index (χ1v) is 7.55. The first-order valence-electron chi connectivity index (χ1n) is 7.55. The van der Waals surface area contributed by atoms with E-state index in [1.807, 2.05) is 13.0 Å². The Kier molecular flexibility index (Phi) is 5.38. The van der Waals surface area contributed by atoms with Gasteiger partial charge in [-0.3, -0.25) is 4.99 Å². The number of rotatable bonds is 5. The number of ether oxygens (including phenoxy) is 1. The van der Waals surface area contributed by atoms with E-state index >= 15 is 0 Å². The number of aliphatic imine (C=N–C) groups is 1. The molecule has 23 heavy (non-hydrogen) atoms. The SMILES string of the molecule is CN=C(NCc1ccc(C)cc1OCC(F)(F)F)NC1CC1C. The molecule has 0 heterocycles. The van der Waals surface area contributed by atoms with E-state index in [1.54, 1.807) is 19.2 Å². The highest BCUT2D eigenvalue weighted by molar-refractivity contribution is 5.80. The number of hydrogen-bond donors (Lipinski definition) is 2. The molecule has 1 aromatic carbocycles. The fraction of sp³-hybridized carbons (Fsp3) is 0.562. The van der Waals surface area contributed by atoms with Gasteiger partial charge in [0.05, 0.1) is 0 Å². The molecule has 0 saturated heterocycles. The van der Waals surface area contributed by atoms with E-state index in [2.05, 4.69) is 22.5 Å². The molecule has 1 saturated carbocycles. The topological polar surface area (TPSA) is 45.7 Å². The zero-order valence-electron chi connectivity index (χ0n) is 13.5. The van der Waals surface area contributed by atoms with Crippen molar-refractivity contribution in [3.05, 3.63) is 29.3 Å². The van der Waals surface area contributed by atoms with Gasteiger partial charge in [-0.15, -0.1) is 0 Å². The number of nitrogens with one attached hydrogen (secondary N) is 2. The predicted molar refractivity (Wildman–Crippen MR) is 83.6 cm³/mol. The van der Waals surface area contributed by atoms with Crippen molar-refractivity contribution in [2.75, 3.05) is 13.7 Å². The summed E-state index contributed by atoms with van der Waals surface area (Å²) >= 11 is 0. The van der Waals surface area contributed by atoms with Gasteiger partial charge in [0.25, 0.3) is 0 Å². The van der Waals surface area contributed by atoms with Gasteiger partial charge < -0.3 is 15.4 Å². The maximum absolute atomic E-state index is 12.4. The fourth-order valence-electron chi connectivity index (χ4n) is 2.17. The molecule has 2 atom stereocenters.